The highest BCUT2D eigenvalue weighted by atomic mass is 16.6. The third-order valence-electron chi connectivity index (χ3n) is 4.91. The van der Waals surface area contributed by atoms with Gasteiger partial charge in [0.05, 0.1) is 12.3 Å². The van der Waals surface area contributed by atoms with Crippen molar-refractivity contribution in [3.8, 4) is 17.1 Å². The van der Waals surface area contributed by atoms with Gasteiger partial charge in [0.15, 0.2) is 5.76 Å². The number of aromatic nitrogens is 3. The van der Waals surface area contributed by atoms with Crippen molar-refractivity contribution in [3.63, 3.8) is 0 Å². The highest BCUT2D eigenvalue weighted by molar-refractivity contribution is 5.91. The summed E-state index contributed by atoms with van der Waals surface area (Å²) in [5.41, 5.74) is 2.98. The van der Waals surface area contributed by atoms with E-state index in [0.717, 1.165) is 29.7 Å². The molecule has 1 unspecified atom stereocenters. The molecule has 28 heavy (non-hydrogen) atoms. The van der Waals surface area contributed by atoms with Crippen molar-refractivity contribution >= 4 is 5.91 Å². The zero-order chi connectivity index (χ0) is 19.3. The summed E-state index contributed by atoms with van der Waals surface area (Å²) < 4.78 is 10.8. The molecule has 0 radical (unpaired) electrons. The molecule has 0 aliphatic carbocycles. The molecular formula is C21H22N4O3. The molecule has 3 aromatic rings. The molecule has 4 rings (SSSR count). The number of rotatable bonds is 5. The van der Waals surface area contributed by atoms with Gasteiger partial charge >= 0.3 is 0 Å². The van der Waals surface area contributed by atoms with Crippen LogP contribution in [0.1, 0.15) is 41.9 Å². The molecule has 144 valence electrons. The minimum atomic E-state index is -0.116. The summed E-state index contributed by atoms with van der Waals surface area (Å²) in [5, 5.41) is 0. The first kappa shape index (κ1) is 18.2. The molecule has 0 spiro atoms. The number of hydrogen-bond acceptors (Lipinski definition) is 6. The molecule has 0 saturated carbocycles. The lowest BCUT2D eigenvalue weighted by Crippen LogP contribution is -2.39. The van der Waals surface area contributed by atoms with Gasteiger partial charge in [0.2, 0.25) is 0 Å². The molecule has 1 fully saturated rings. The highest BCUT2D eigenvalue weighted by Gasteiger charge is 2.29. The Kier molecular flexibility index (Phi) is 5.32. The summed E-state index contributed by atoms with van der Waals surface area (Å²) in [4.78, 5) is 27.6. The van der Waals surface area contributed by atoms with E-state index in [1.54, 1.807) is 30.9 Å². The van der Waals surface area contributed by atoms with E-state index in [1.165, 1.54) is 0 Å². The van der Waals surface area contributed by atoms with Gasteiger partial charge < -0.3 is 14.1 Å². The molecule has 4 heterocycles. The zero-order valence-corrected chi connectivity index (χ0v) is 15.7. The van der Waals surface area contributed by atoms with Gasteiger partial charge in [-0.25, -0.2) is 9.97 Å². The minimum absolute atomic E-state index is 0.116. The Morgan fingerprint density at radius 1 is 1.25 bits per heavy atom. The first-order valence-corrected chi connectivity index (χ1v) is 9.48. The van der Waals surface area contributed by atoms with E-state index >= 15 is 0 Å². The second-order valence-corrected chi connectivity index (χ2v) is 6.70. The Balaban J connectivity index is 1.55. The molecule has 0 bridgehead atoms. The SMILES string of the molecule is CCOc1ccc(C(=O)N2CCCC(c3ncncc3-c3ccncc3)C2)o1. The first-order valence-electron chi connectivity index (χ1n) is 9.48. The fourth-order valence-corrected chi connectivity index (χ4v) is 3.61. The lowest BCUT2D eigenvalue weighted by molar-refractivity contribution is 0.0666. The van der Waals surface area contributed by atoms with E-state index in [0.29, 0.717) is 31.4 Å². The Morgan fingerprint density at radius 3 is 2.93 bits per heavy atom. The third-order valence-corrected chi connectivity index (χ3v) is 4.91. The zero-order valence-electron chi connectivity index (χ0n) is 15.7. The largest absolute Gasteiger partial charge is 0.465 e. The van der Waals surface area contributed by atoms with Crippen LogP contribution in [-0.2, 0) is 0 Å². The number of amides is 1. The maximum absolute atomic E-state index is 12.9. The molecule has 1 aliphatic heterocycles. The van der Waals surface area contributed by atoms with Gasteiger partial charge in [-0.1, -0.05) is 0 Å². The second-order valence-electron chi connectivity index (χ2n) is 6.70. The lowest BCUT2D eigenvalue weighted by Gasteiger charge is -2.32. The molecule has 7 heteroatoms. The fourth-order valence-electron chi connectivity index (χ4n) is 3.61. The van der Waals surface area contributed by atoms with Crippen LogP contribution in [-0.4, -0.2) is 45.5 Å². The molecule has 1 atom stereocenters. The Hall–Kier alpha value is -3.22. The summed E-state index contributed by atoms with van der Waals surface area (Å²) in [7, 11) is 0. The second kappa shape index (κ2) is 8.21. The van der Waals surface area contributed by atoms with Crippen LogP contribution in [0.25, 0.3) is 11.1 Å². The normalized spacial score (nSPS) is 16.8. The molecule has 1 aliphatic rings. The highest BCUT2D eigenvalue weighted by Crippen LogP contribution is 2.33. The topological polar surface area (TPSA) is 81.4 Å². The van der Waals surface area contributed by atoms with Crippen LogP contribution in [0.2, 0.25) is 0 Å². The van der Waals surface area contributed by atoms with Crippen LogP contribution < -0.4 is 4.74 Å². The molecule has 3 aromatic heterocycles. The Labute approximate surface area is 163 Å². The van der Waals surface area contributed by atoms with E-state index in [-0.39, 0.29) is 11.8 Å². The fraction of sp³-hybridized carbons (Fsp3) is 0.333. The van der Waals surface area contributed by atoms with Crippen LogP contribution in [0.4, 0.5) is 0 Å². The number of furan rings is 1. The Morgan fingerprint density at radius 2 is 2.11 bits per heavy atom. The van der Waals surface area contributed by atoms with Crippen molar-refractivity contribution in [2.45, 2.75) is 25.7 Å². The average Bonchev–Trinajstić information content (AvgIpc) is 3.23. The van der Waals surface area contributed by atoms with Gasteiger partial charge in [-0.3, -0.25) is 9.78 Å². The number of pyridine rings is 1. The summed E-state index contributed by atoms with van der Waals surface area (Å²) in [6.07, 6.45) is 8.81. The van der Waals surface area contributed by atoms with Gasteiger partial charge in [-0.15, -0.1) is 0 Å². The molecule has 1 amide bonds. The van der Waals surface area contributed by atoms with Crippen molar-refractivity contribution in [3.05, 3.63) is 60.6 Å². The standard InChI is InChI=1S/C21H22N4O3/c1-2-27-19-6-5-18(28-19)21(26)25-11-3-4-16(13-25)20-17(12-23-14-24-20)15-7-9-22-10-8-15/h5-10,12,14,16H,2-4,11,13H2,1H3. The van der Waals surface area contributed by atoms with Gasteiger partial charge in [0, 0.05) is 49.2 Å². The van der Waals surface area contributed by atoms with Gasteiger partial charge in [0.25, 0.3) is 11.9 Å². The maximum atomic E-state index is 12.9. The Bertz CT molecular complexity index is 942. The number of piperidine rings is 1. The van der Waals surface area contributed by atoms with Crippen molar-refractivity contribution in [1.82, 2.24) is 19.9 Å². The van der Waals surface area contributed by atoms with Crippen molar-refractivity contribution in [2.75, 3.05) is 19.7 Å². The molecule has 0 N–H and O–H groups in total. The van der Waals surface area contributed by atoms with E-state index < -0.39 is 0 Å². The van der Waals surface area contributed by atoms with E-state index in [2.05, 4.69) is 15.0 Å². The van der Waals surface area contributed by atoms with Crippen LogP contribution in [0.15, 0.2) is 53.6 Å². The number of likely N-dealkylation sites (tertiary alicyclic amines) is 1. The van der Waals surface area contributed by atoms with Crippen molar-refractivity contribution in [2.24, 2.45) is 0 Å². The van der Waals surface area contributed by atoms with E-state index in [1.807, 2.05) is 30.2 Å². The molecule has 0 aromatic carbocycles. The number of nitrogens with zero attached hydrogens (tertiary/aromatic N) is 4. The van der Waals surface area contributed by atoms with Crippen LogP contribution in [0, 0.1) is 0 Å². The number of carbonyl (C=O) groups is 1. The van der Waals surface area contributed by atoms with Crippen molar-refractivity contribution < 1.29 is 13.9 Å². The average molecular weight is 378 g/mol. The summed E-state index contributed by atoms with van der Waals surface area (Å²) in [6, 6.07) is 7.26. The summed E-state index contributed by atoms with van der Waals surface area (Å²) in [6.45, 7) is 3.67. The number of carbonyl (C=O) groups excluding carboxylic acids is 1. The quantitative estimate of drug-likeness (QED) is 0.675. The minimum Gasteiger partial charge on any atom is -0.465 e. The molecule has 1 saturated heterocycles. The summed E-state index contributed by atoms with van der Waals surface area (Å²) >= 11 is 0. The number of ether oxygens (including phenoxy) is 1. The van der Waals surface area contributed by atoms with E-state index in [9.17, 15) is 4.79 Å². The predicted octanol–water partition coefficient (Wildman–Crippen LogP) is 3.55. The van der Waals surface area contributed by atoms with Crippen LogP contribution in [0.3, 0.4) is 0 Å². The smallest absolute Gasteiger partial charge is 0.289 e. The molecule has 7 nitrogen and oxygen atoms in total. The maximum Gasteiger partial charge on any atom is 0.289 e. The summed E-state index contributed by atoms with van der Waals surface area (Å²) in [5.74, 6) is 0.705. The monoisotopic (exact) mass is 378 g/mol. The van der Waals surface area contributed by atoms with Gasteiger partial charge in [-0.05, 0) is 43.5 Å². The van der Waals surface area contributed by atoms with Crippen LogP contribution in [0.5, 0.6) is 5.95 Å². The van der Waals surface area contributed by atoms with E-state index in [4.69, 9.17) is 9.15 Å². The van der Waals surface area contributed by atoms with Crippen LogP contribution >= 0.6 is 0 Å². The number of hydrogen-bond donors (Lipinski definition) is 0. The van der Waals surface area contributed by atoms with Crippen molar-refractivity contribution in [1.29, 1.82) is 0 Å². The first-order chi connectivity index (χ1) is 13.8. The predicted molar refractivity (Wildman–Crippen MR) is 103 cm³/mol. The lowest BCUT2D eigenvalue weighted by atomic mass is 9.90. The van der Waals surface area contributed by atoms with Gasteiger partial charge in [0.1, 0.15) is 6.33 Å². The molecular weight excluding hydrogens is 356 g/mol. The van der Waals surface area contributed by atoms with Gasteiger partial charge in [-0.2, -0.15) is 0 Å². The third kappa shape index (κ3) is 3.74.